The highest BCUT2D eigenvalue weighted by atomic mass is 16.3. The Hall–Kier alpha value is -2.53. The highest BCUT2D eigenvalue weighted by molar-refractivity contribution is 5.76. The first kappa shape index (κ1) is 17.6. The topological polar surface area (TPSA) is 59.2 Å². The van der Waals surface area contributed by atoms with Crippen LogP contribution in [0.2, 0.25) is 0 Å². The number of fused-ring (bicyclic) bond motifs is 2. The molecule has 2 aromatic heterocycles. The third kappa shape index (κ3) is 3.35. The molecule has 0 spiro atoms. The second-order valence-electron chi connectivity index (χ2n) is 8.08. The molecule has 1 saturated carbocycles. The molecule has 5 nitrogen and oxygen atoms in total. The van der Waals surface area contributed by atoms with Gasteiger partial charge in [0.25, 0.3) is 0 Å². The average molecular weight is 375 g/mol. The van der Waals surface area contributed by atoms with E-state index in [-0.39, 0.29) is 5.43 Å². The quantitative estimate of drug-likeness (QED) is 0.687. The Morgan fingerprint density at radius 3 is 2.89 bits per heavy atom. The van der Waals surface area contributed by atoms with E-state index in [0.29, 0.717) is 29.0 Å². The third-order valence-electron chi connectivity index (χ3n) is 6.15. The predicted octanol–water partition coefficient (Wildman–Crippen LogP) is 4.19. The maximum Gasteiger partial charge on any atom is 0.197 e. The maximum atomic E-state index is 12.8. The number of benzene rings is 1. The second kappa shape index (κ2) is 7.47. The van der Waals surface area contributed by atoms with Crippen LogP contribution in [0.5, 0.6) is 0 Å². The molecule has 2 aliphatic rings. The fourth-order valence-corrected chi connectivity index (χ4v) is 4.55. The van der Waals surface area contributed by atoms with Gasteiger partial charge in [-0.25, -0.2) is 9.97 Å². The summed E-state index contributed by atoms with van der Waals surface area (Å²) in [5.74, 6) is 1.58. The molecule has 1 fully saturated rings. The van der Waals surface area contributed by atoms with Crippen molar-refractivity contribution in [2.75, 3.05) is 6.54 Å². The third-order valence-corrected chi connectivity index (χ3v) is 6.15. The van der Waals surface area contributed by atoms with Gasteiger partial charge < -0.3 is 4.42 Å². The highest BCUT2D eigenvalue weighted by Crippen LogP contribution is 2.31. The van der Waals surface area contributed by atoms with Crippen LogP contribution in [-0.4, -0.2) is 21.4 Å². The molecular weight excluding hydrogens is 350 g/mol. The van der Waals surface area contributed by atoms with Gasteiger partial charge in [0, 0.05) is 55.0 Å². The van der Waals surface area contributed by atoms with Crippen molar-refractivity contribution < 1.29 is 4.42 Å². The highest BCUT2D eigenvalue weighted by Gasteiger charge is 2.23. The predicted molar refractivity (Wildman–Crippen MR) is 108 cm³/mol. The molecule has 0 amide bonds. The van der Waals surface area contributed by atoms with Crippen molar-refractivity contribution in [1.29, 1.82) is 0 Å². The molecule has 0 bridgehead atoms. The smallest absolute Gasteiger partial charge is 0.197 e. The Labute approximate surface area is 164 Å². The van der Waals surface area contributed by atoms with E-state index in [1.54, 1.807) is 6.26 Å². The summed E-state index contributed by atoms with van der Waals surface area (Å²) in [5.41, 5.74) is 3.80. The lowest BCUT2D eigenvalue weighted by Gasteiger charge is -2.28. The van der Waals surface area contributed by atoms with E-state index in [1.165, 1.54) is 43.4 Å². The van der Waals surface area contributed by atoms with Crippen LogP contribution in [-0.2, 0) is 19.5 Å². The van der Waals surface area contributed by atoms with Gasteiger partial charge in [0.1, 0.15) is 11.4 Å². The lowest BCUT2D eigenvalue weighted by molar-refractivity contribution is 0.240. The van der Waals surface area contributed by atoms with Crippen LogP contribution < -0.4 is 5.43 Å². The van der Waals surface area contributed by atoms with Gasteiger partial charge in [-0.2, -0.15) is 0 Å². The van der Waals surface area contributed by atoms with Gasteiger partial charge in [-0.1, -0.05) is 31.4 Å². The minimum atomic E-state index is 0.0662. The first-order chi connectivity index (χ1) is 13.8. The van der Waals surface area contributed by atoms with Crippen molar-refractivity contribution in [2.45, 2.75) is 57.5 Å². The molecule has 5 rings (SSSR count). The van der Waals surface area contributed by atoms with Gasteiger partial charge in [0.15, 0.2) is 5.43 Å². The summed E-state index contributed by atoms with van der Waals surface area (Å²) in [5, 5.41) is 0.651. The second-order valence-corrected chi connectivity index (χ2v) is 8.08. The van der Waals surface area contributed by atoms with E-state index in [1.807, 2.05) is 30.5 Å². The SMILES string of the molecule is O=c1c(CN2CCc3nc(C4CCCCC4)ncc3C2)coc2ccccc12. The fourth-order valence-electron chi connectivity index (χ4n) is 4.55. The number of nitrogens with zero attached hydrogens (tertiary/aromatic N) is 3. The molecule has 0 atom stereocenters. The van der Waals surface area contributed by atoms with Crippen LogP contribution in [0.4, 0.5) is 0 Å². The van der Waals surface area contributed by atoms with Crippen LogP contribution in [0, 0.1) is 0 Å². The van der Waals surface area contributed by atoms with E-state index < -0.39 is 0 Å². The Balaban J connectivity index is 1.33. The van der Waals surface area contributed by atoms with Crippen molar-refractivity contribution >= 4 is 11.0 Å². The monoisotopic (exact) mass is 375 g/mol. The molecule has 0 saturated heterocycles. The summed E-state index contributed by atoms with van der Waals surface area (Å²) in [6, 6.07) is 7.42. The maximum absolute atomic E-state index is 12.8. The van der Waals surface area contributed by atoms with Crippen molar-refractivity contribution in [3.8, 4) is 0 Å². The summed E-state index contributed by atoms with van der Waals surface area (Å²) in [7, 11) is 0. The van der Waals surface area contributed by atoms with E-state index in [4.69, 9.17) is 14.4 Å². The summed E-state index contributed by atoms with van der Waals surface area (Å²) in [6.07, 6.45) is 10.9. The molecule has 0 N–H and O–H groups in total. The van der Waals surface area contributed by atoms with E-state index >= 15 is 0 Å². The molecular formula is C23H25N3O2. The molecule has 3 aromatic rings. The molecule has 5 heteroatoms. The summed E-state index contributed by atoms with van der Waals surface area (Å²) in [4.78, 5) is 24.7. The fraction of sp³-hybridized carbons (Fsp3) is 0.435. The Morgan fingerprint density at radius 1 is 1.14 bits per heavy atom. The molecule has 1 aliphatic carbocycles. The van der Waals surface area contributed by atoms with Crippen LogP contribution in [0.3, 0.4) is 0 Å². The van der Waals surface area contributed by atoms with Crippen LogP contribution >= 0.6 is 0 Å². The molecule has 144 valence electrons. The Kier molecular flexibility index (Phi) is 4.69. The molecule has 1 aromatic carbocycles. The van der Waals surface area contributed by atoms with Gasteiger partial charge in [-0.05, 0) is 25.0 Å². The zero-order chi connectivity index (χ0) is 18.9. The number of hydrogen-bond acceptors (Lipinski definition) is 5. The standard InChI is InChI=1S/C23H25N3O2/c27-22-18(15-28-21-9-5-4-8-19(21)22)14-26-11-10-20-17(13-26)12-24-23(25-20)16-6-2-1-3-7-16/h4-5,8-9,12,15-16H,1-3,6-7,10-11,13-14H2. The first-order valence-electron chi connectivity index (χ1n) is 10.3. The summed E-state index contributed by atoms with van der Waals surface area (Å²) in [6.45, 7) is 2.28. The van der Waals surface area contributed by atoms with E-state index in [9.17, 15) is 4.79 Å². The van der Waals surface area contributed by atoms with Crippen LogP contribution in [0.1, 0.15) is 60.7 Å². The zero-order valence-corrected chi connectivity index (χ0v) is 16.1. The van der Waals surface area contributed by atoms with Crippen molar-refractivity contribution in [1.82, 2.24) is 14.9 Å². The van der Waals surface area contributed by atoms with Crippen LogP contribution in [0.25, 0.3) is 11.0 Å². The van der Waals surface area contributed by atoms with Crippen molar-refractivity contribution in [3.05, 3.63) is 69.6 Å². The normalized spacial score (nSPS) is 18.3. The zero-order valence-electron chi connectivity index (χ0n) is 16.1. The number of hydrogen-bond donors (Lipinski definition) is 0. The van der Waals surface area contributed by atoms with Crippen LogP contribution in [0.15, 0.2) is 45.9 Å². The van der Waals surface area contributed by atoms with Gasteiger partial charge in [0.2, 0.25) is 0 Å². The van der Waals surface area contributed by atoms with E-state index in [2.05, 4.69) is 4.90 Å². The Morgan fingerprint density at radius 2 is 2.00 bits per heavy atom. The minimum absolute atomic E-state index is 0.0662. The largest absolute Gasteiger partial charge is 0.464 e. The Bertz CT molecular complexity index is 1050. The molecule has 1 aliphatic heterocycles. The molecule has 0 unspecified atom stereocenters. The summed E-state index contributed by atoms with van der Waals surface area (Å²) >= 11 is 0. The number of rotatable bonds is 3. The van der Waals surface area contributed by atoms with Gasteiger partial charge >= 0.3 is 0 Å². The molecule has 28 heavy (non-hydrogen) atoms. The van der Waals surface area contributed by atoms with Gasteiger partial charge in [-0.3, -0.25) is 9.69 Å². The van der Waals surface area contributed by atoms with Gasteiger partial charge in [-0.15, -0.1) is 0 Å². The molecule has 0 radical (unpaired) electrons. The average Bonchev–Trinajstić information content (AvgIpc) is 2.76. The lowest BCUT2D eigenvalue weighted by Crippen LogP contribution is -2.32. The lowest BCUT2D eigenvalue weighted by atomic mass is 9.88. The first-order valence-corrected chi connectivity index (χ1v) is 10.3. The number of aromatic nitrogens is 2. The minimum Gasteiger partial charge on any atom is -0.464 e. The molecule has 3 heterocycles. The van der Waals surface area contributed by atoms with Crippen molar-refractivity contribution in [3.63, 3.8) is 0 Å². The van der Waals surface area contributed by atoms with E-state index in [0.717, 1.165) is 25.3 Å². The summed E-state index contributed by atoms with van der Waals surface area (Å²) < 4.78 is 5.67. The van der Waals surface area contributed by atoms with Gasteiger partial charge in [0.05, 0.1) is 11.6 Å². The number of para-hydroxylation sites is 1. The van der Waals surface area contributed by atoms with Crippen molar-refractivity contribution in [2.24, 2.45) is 0 Å².